The molecule has 0 aliphatic carbocycles. The van der Waals surface area contributed by atoms with E-state index in [0.717, 1.165) is 31.0 Å². The Kier molecular flexibility index (Phi) is 5.72. The molecule has 3 nitrogen and oxygen atoms in total. The maximum atomic E-state index is 5.57. The molecule has 0 aliphatic heterocycles. The second-order valence-corrected chi connectivity index (χ2v) is 4.70. The van der Waals surface area contributed by atoms with Crippen molar-refractivity contribution in [1.82, 2.24) is 5.32 Å². The molecule has 0 bridgehead atoms. The van der Waals surface area contributed by atoms with Gasteiger partial charge in [0.25, 0.3) is 0 Å². The summed E-state index contributed by atoms with van der Waals surface area (Å²) >= 11 is 0. The molecule has 0 aromatic carbocycles. The van der Waals surface area contributed by atoms with Crippen molar-refractivity contribution >= 4 is 0 Å². The molecule has 2 atom stereocenters. The lowest BCUT2D eigenvalue weighted by atomic mass is 10.1. The van der Waals surface area contributed by atoms with Crippen LogP contribution in [0.2, 0.25) is 0 Å². The van der Waals surface area contributed by atoms with E-state index in [4.69, 9.17) is 9.15 Å². The second kappa shape index (κ2) is 6.82. The molecule has 1 aromatic rings. The summed E-state index contributed by atoms with van der Waals surface area (Å²) in [6.45, 7) is 9.14. The molecule has 0 fully saturated rings. The minimum absolute atomic E-state index is 0.305. The second-order valence-electron chi connectivity index (χ2n) is 4.70. The Bertz CT molecular complexity index is 327. The lowest BCUT2D eigenvalue weighted by Gasteiger charge is -2.22. The first-order chi connectivity index (χ1) is 8.08. The summed E-state index contributed by atoms with van der Waals surface area (Å²) in [5.41, 5.74) is 1.25. The van der Waals surface area contributed by atoms with Crippen molar-refractivity contribution in [3.8, 4) is 0 Å². The van der Waals surface area contributed by atoms with Crippen LogP contribution in [0.5, 0.6) is 0 Å². The zero-order chi connectivity index (χ0) is 12.8. The van der Waals surface area contributed by atoms with E-state index in [1.54, 1.807) is 7.11 Å². The van der Waals surface area contributed by atoms with Gasteiger partial charge in [0.05, 0.1) is 6.61 Å². The van der Waals surface area contributed by atoms with Gasteiger partial charge in [-0.1, -0.05) is 13.3 Å². The highest BCUT2D eigenvalue weighted by Gasteiger charge is 2.16. The topological polar surface area (TPSA) is 34.4 Å². The zero-order valence-corrected chi connectivity index (χ0v) is 11.7. The van der Waals surface area contributed by atoms with Gasteiger partial charge in [-0.25, -0.2) is 0 Å². The fraction of sp³-hybridized carbons (Fsp3) is 0.714. The molecule has 17 heavy (non-hydrogen) atoms. The monoisotopic (exact) mass is 239 g/mol. The Morgan fingerprint density at radius 1 is 1.41 bits per heavy atom. The molecular formula is C14H25NO2. The van der Waals surface area contributed by atoms with E-state index in [1.165, 1.54) is 5.56 Å². The highest BCUT2D eigenvalue weighted by atomic mass is 16.5. The lowest BCUT2D eigenvalue weighted by molar-refractivity contribution is 0.157. The molecule has 0 radical (unpaired) electrons. The zero-order valence-electron chi connectivity index (χ0n) is 11.7. The Balaban J connectivity index is 2.62. The molecule has 3 heteroatoms. The number of hydrogen-bond donors (Lipinski definition) is 1. The fourth-order valence-electron chi connectivity index (χ4n) is 2.29. The van der Waals surface area contributed by atoms with Crippen LogP contribution < -0.4 is 5.32 Å². The molecule has 0 amide bonds. The first kappa shape index (κ1) is 14.3. The Hall–Kier alpha value is -0.800. The van der Waals surface area contributed by atoms with Gasteiger partial charge >= 0.3 is 0 Å². The van der Waals surface area contributed by atoms with Crippen molar-refractivity contribution in [3.63, 3.8) is 0 Å². The summed E-state index contributed by atoms with van der Waals surface area (Å²) in [5, 5.41) is 3.60. The van der Waals surface area contributed by atoms with Crippen LogP contribution in [0.1, 0.15) is 49.8 Å². The molecule has 0 saturated heterocycles. The molecule has 0 spiro atoms. The molecule has 1 rings (SSSR count). The molecule has 1 aromatic heterocycles. The largest absolute Gasteiger partial charge is 0.466 e. The fourth-order valence-corrected chi connectivity index (χ4v) is 2.29. The minimum Gasteiger partial charge on any atom is -0.466 e. The van der Waals surface area contributed by atoms with E-state index >= 15 is 0 Å². The van der Waals surface area contributed by atoms with Crippen LogP contribution in [0.25, 0.3) is 0 Å². The molecule has 98 valence electrons. The normalized spacial score (nSPS) is 14.9. The van der Waals surface area contributed by atoms with E-state index in [1.807, 2.05) is 13.8 Å². The van der Waals surface area contributed by atoms with E-state index in [-0.39, 0.29) is 0 Å². The van der Waals surface area contributed by atoms with Crippen LogP contribution in [0.15, 0.2) is 10.5 Å². The highest BCUT2D eigenvalue weighted by Crippen LogP contribution is 2.22. The predicted molar refractivity (Wildman–Crippen MR) is 70.3 cm³/mol. The average molecular weight is 239 g/mol. The van der Waals surface area contributed by atoms with Crippen LogP contribution in [0, 0.1) is 13.8 Å². The van der Waals surface area contributed by atoms with Crippen molar-refractivity contribution in [1.29, 1.82) is 0 Å². The van der Waals surface area contributed by atoms with Crippen molar-refractivity contribution in [3.05, 3.63) is 23.2 Å². The Morgan fingerprint density at radius 2 is 2.12 bits per heavy atom. The number of methoxy groups -OCH3 is 1. The minimum atomic E-state index is 0.305. The van der Waals surface area contributed by atoms with Crippen molar-refractivity contribution in [2.24, 2.45) is 0 Å². The summed E-state index contributed by atoms with van der Waals surface area (Å²) < 4.78 is 10.8. The highest BCUT2D eigenvalue weighted by molar-refractivity contribution is 5.23. The van der Waals surface area contributed by atoms with E-state index in [9.17, 15) is 0 Å². The number of nitrogens with one attached hydrogen (secondary N) is 1. The van der Waals surface area contributed by atoms with Crippen LogP contribution in [-0.4, -0.2) is 19.8 Å². The van der Waals surface area contributed by atoms with Gasteiger partial charge in [0.2, 0.25) is 0 Å². The standard InChI is InChI=1S/C14H25NO2/c1-6-7-13(9-16-5)15-11(3)14-8-10(2)17-12(14)4/h8,11,13,15H,6-7,9H2,1-5H3. The molecule has 1 heterocycles. The SMILES string of the molecule is CCCC(COC)NC(C)c1cc(C)oc1C. The number of rotatable bonds is 7. The van der Waals surface area contributed by atoms with E-state index in [0.29, 0.717) is 12.1 Å². The van der Waals surface area contributed by atoms with Gasteiger partial charge in [-0.15, -0.1) is 0 Å². The summed E-state index contributed by atoms with van der Waals surface area (Å²) in [5.74, 6) is 1.99. The van der Waals surface area contributed by atoms with Crippen molar-refractivity contribution < 1.29 is 9.15 Å². The summed E-state index contributed by atoms with van der Waals surface area (Å²) in [7, 11) is 1.75. The summed E-state index contributed by atoms with van der Waals surface area (Å²) in [6.07, 6.45) is 2.30. The lowest BCUT2D eigenvalue weighted by Crippen LogP contribution is -2.35. The number of furan rings is 1. The quantitative estimate of drug-likeness (QED) is 0.792. The molecule has 2 unspecified atom stereocenters. The van der Waals surface area contributed by atoms with Crippen LogP contribution >= 0.6 is 0 Å². The van der Waals surface area contributed by atoms with Crippen LogP contribution in [0.4, 0.5) is 0 Å². The molecular weight excluding hydrogens is 214 g/mol. The first-order valence-electron chi connectivity index (χ1n) is 6.40. The van der Waals surface area contributed by atoms with Gasteiger partial charge in [0, 0.05) is 24.8 Å². The van der Waals surface area contributed by atoms with Gasteiger partial charge in [0.1, 0.15) is 11.5 Å². The number of ether oxygens (including phenoxy) is 1. The number of aryl methyl sites for hydroxylation is 2. The smallest absolute Gasteiger partial charge is 0.105 e. The van der Waals surface area contributed by atoms with Gasteiger partial charge < -0.3 is 14.5 Å². The Labute approximate surface area is 105 Å². The summed E-state index contributed by atoms with van der Waals surface area (Å²) in [6, 6.07) is 2.83. The maximum Gasteiger partial charge on any atom is 0.105 e. The third-order valence-electron chi connectivity index (χ3n) is 3.04. The van der Waals surface area contributed by atoms with E-state index < -0.39 is 0 Å². The average Bonchev–Trinajstić information content (AvgIpc) is 2.58. The van der Waals surface area contributed by atoms with Crippen molar-refractivity contribution in [2.75, 3.05) is 13.7 Å². The van der Waals surface area contributed by atoms with Crippen LogP contribution in [0.3, 0.4) is 0 Å². The van der Waals surface area contributed by atoms with Gasteiger partial charge in [-0.05, 0) is 33.3 Å². The first-order valence-corrected chi connectivity index (χ1v) is 6.40. The third kappa shape index (κ3) is 4.17. The predicted octanol–water partition coefficient (Wildman–Crippen LogP) is 3.36. The Morgan fingerprint density at radius 3 is 2.59 bits per heavy atom. The van der Waals surface area contributed by atoms with Gasteiger partial charge in [0.15, 0.2) is 0 Å². The van der Waals surface area contributed by atoms with Crippen molar-refractivity contribution in [2.45, 2.75) is 52.6 Å². The van der Waals surface area contributed by atoms with E-state index in [2.05, 4.69) is 25.2 Å². The third-order valence-corrected chi connectivity index (χ3v) is 3.04. The van der Waals surface area contributed by atoms with Crippen LogP contribution in [-0.2, 0) is 4.74 Å². The summed E-state index contributed by atoms with van der Waals surface area (Å²) in [4.78, 5) is 0. The molecule has 1 N–H and O–H groups in total. The molecule has 0 aliphatic rings. The number of hydrogen-bond acceptors (Lipinski definition) is 3. The molecule has 0 saturated carbocycles. The van der Waals surface area contributed by atoms with Gasteiger partial charge in [-0.2, -0.15) is 0 Å². The maximum absolute atomic E-state index is 5.57. The van der Waals surface area contributed by atoms with Gasteiger partial charge in [-0.3, -0.25) is 0 Å².